The SMILES string of the molecule is CCCCCCCCCCCCSc1cnc2nnc(-n3cnc(C)c3)nn12. The lowest BCUT2D eigenvalue weighted by Crippen LogP contribution is -2.07. The van der Waals surface area contributed by atoms with E-state index < -0.39 is 0 Å². The summed E-state index contributed by atoms with van der Waals surface area (Å²) in [4.78, 5) is 8.53. The van der Waals surface area contributed by atoms with Gasteiger partial charge in [-0.25, -0.2) is 9.97 Å². The lowest BCUT2D eigenvalue weighted by Gasteiger charge is -2.03. The van der Waals surface area contributed by atoms with Crippen LogP contribution in [0, 0.1) is 6.92 Å². The van der Waals surface area contributed by atoms with E-state index in [0.717, 1.165) is 16.5 Å². The van der Waals surface area contributed by atoms with Crippen molar-refractivity contribution in [3.05, 3.63) is 24.4 Å². The Morgan fingerprint density at radius 2 is 1.61 bits per heavy atom. The minimum atomic E-state index is 0.506. The summed E-state index contributed by atoms with van der Waals surface area (Å²) in [7, 11) is 0. The van der Waals surface area contributed by atoms with Crippen LogP contribution in [0.4, 0.5) is 0 Å². The molecule has 0 radical (unpaired) electrons. The quantitative estimate of drug-likeness (QED) is 0.295. The van der Waals surface area contributed by atoms with Gasteiger partial charge >= 0.3 is 0 Å². The fraction of sp³-hybridized carbons (Fsp3) is 0.650. The zero-order valence-corrected chi connectivity index (χ0v) is 17.9. The first kappa shape index (κ1) is 20.8. The van der Waals surface area contributed by atoms with E-state index in [2.05, 4.69) is 32.2 Å². The lowest BCUT2D eigenvalue weighted by atomic mass is 10.1. The molecule has 0 amide bonds. The number of fused-ring (bicyclic) bond motifs is 1. The van der Waals surface area contributed by atoms with Gasteiger partial charge in [0.2, 0.25) is 0 Å². The number of aryl methyl sites for hydroxylation is 1. The van der Waals surface area contributed by atoms with Crippen molar-refractivity contribution in [1.82, 2.24) is 34.3 Å². The largest absolute Gasteiger partial charge is 0.272 e. The Hall–Kier alpha value is -1.96. The maximum atomic E-state index is 4.57. The zero-order chi connectivity index (χ0) is 19.6. The van der Waals surface area contributed by atoms with E-state index in [0.29, 0.717) is 11.7 Å². The summed E-state index contributed by atoms with van der Waals surface area (Å²) >= 11 is 1.79. The van der Waals surface area contributed by atoms with E-state index in [1.807, 2.05) is 19.3 Å². The zero-order valence-electron chi connectivity index (χ0n) is 17.0. The number of rotatable bonds is 13. The molecule has 7 nitrogen and oxygen atoms in total. The fourth-order valence-electron chi connectivity index (χ4n) is 3.18. The Morgan fingerprint density at radius 1 is 0.893 bits per heavy atom. The molecule has 0 aromatic carbocycles. The molecule has 3 aromatic heterocycles. The molecule has 0 aliphatic heterocycles. The molecule has 0 aliphatic carbocycles. The summed E-state index contributed by atoms with van der Waals surface area (Å²) in [6.07, 6.45) is 19.0. The molecule has 28 heavy (non-hydrogen) atoms. The van der Waals surface area contributed by atoms with E-state index >= 15 is 0 Å². The van der Waals surface area contributed by atoms with Crippen molar-refractivity contribution in [2.75, 3.05) is 5.75 Å². The van der Waals surface area contributed by atoms with Crippen LogP contribution < -0.4 is 0 Å². The van der Waals surface area contributed by atoms with Gasteiger partial charge in [-0.05, 0) is 19.1 Å². The summed E-state index contributed by atoms with van der Waals surface area (Å²) in [6.45, 7) is 4.21. The average Bonchev–Trinajstić information content (AvgIpc) is 3.32. The van der Waals surface area contributed by atoms with Crippen molar-refractivity contribution in [2.45, 2.75) is 83.1 Å². The van der Waals surface area contributed by atoms with Gasteiger partial charge in [0.15, 0.2) is 0 Å². The maximum absolute atomic E-state index is 4.57. The molecule has 0 bridgehead atoms. The smallest absolute Gasteiger partial charge is 0.272 e. The van der Waals surface area contributed by atoms with Crippen LogP contribution in [0.15, 0.2) is 23.7 Å². The first-order valence-corrected chi connectivity index (χ1v) is 11.5. The number of thioether (sulfide) groups is 1. The third-order valence-corrected chi connectivity index (χ3v) is 5.86. The summed E-state index contributed by atoms with van der Waals surface area (Å²) in [5.41, 5.74) is 0.921. The highest BCUT2D eigenvalue weighted by atomic mass is 32.2. The second-order valence-electron chi connectivity index (χ2n) is 7.26. The Balaban J connectivity index is 1.39. The molecule has 0 N–H and O–H groups in total. The molecular weight excluding hydrogens is 370 g/mol. The maximum Gasteiger partial charge on any atom is 0.272 e. The second-order valence-corrected chi connectivity index (χ2v) is 8.38. The predicted molar refractivity (Wildman–Crippen MR) is 113 cm³/mol. The van der Waals surface area contributed by atoms with Crippen molar-refractivity contribution >= 4 is 17.5 Å². The van der Waals surface area contributed by atoms with E-state index in [9.17, 15) is 0 Å². The van der Waals surface area contributed by atoms with Crippen LogP contribution in [0.3, 0.4) is 0 Å². The Kier molecular flexibility index (Phi) is 8.26. The number of aromatic nitrogens is 7. The number of imidazole rings is 2. The van der Waals surface area contributed by atoms with Crippen LogP contribution >= 0.6 is 11.8 Å². The van der Waals surface area contributed by atoms with Crippen molar-refractivity contribution in [1.29, 1.82) is 0 Å². The topological polar surface area (TPSA) is 73.8 Å². The van der Waals surface area contributed by atoms with Gasteiger partial charge in [0.05, 0.1) is 11.9 Å². The fourth-order valence-corrected chi connectivity index (χ4v) is 4.11. The Morgan fingerprint density at radius 3 is 2.29 bits per heavy atom. The third kappa shape index (κ3) is 6.02. The summed E-state index contributed by atoms with van der Waals surface area (Å²) in [5, 5.41) is 13.9. The first-order valence-electron chi connectivity index (χ1n) is 10.5. The molecule has 3 rings (SSSR count). The number of unbranched alkanes of at least 4 members (excludes halogenated alkanes) is 9. The summed E-state index contributed by atoms with van der Waals surface area (Å²) < 4.78 is 3.55. The summed E-state index contributed by atoms with van der Waals surface area (Å²) in [5.74, 6) is 2.12. The average molecular weight is 402 g/mol. The van der Waals surface area contributed by atoms with E-state index in [4.69, 9.17) is 0 Å². The van der Waals surface area contributed by atoms with Crippen molar-refractivity contribution < 1.29 is 0 Å². The van der Waals surface area contributed by atoms with E-state index in [-0.39, 0.29) is 0 Å². The van der Waals surface area contributed by atoms with Crippen molar-refractivity contribution in [3.63, 3.8) is 0 Å². The van der Waals surface area contributed by atoms with Crippen LogP contribution in [0.2, 0.25) is 0 Å². The molecule has 0 saturated carbocycles. The van der Waals surface area contributed by atoms with Gasteiger partial charge in [0.1, 0.15) is 11.4 Å². The minimum absolute atomic E-state index is 0.506. The number of hydrogen-bond acceptors (Lipinski definition) is 6. The molecule has 152 valence electrons. The van der Waals surface area contributed by atoms with Gasteiger partial charge in [0, 0.05) is 6.20 Å². The molecule has 3 heterocycles. The standard InChI is InChI=1S/C20H31N7S/c1-3-4-5-6-7-8-9-10-11-12-13-28-18-14-21-19-23-24-20(25-27(18)19)26-15-17(2)22-16-26/h14-16H,3-13H2,1-2H3. The van der Waals surface area contributed by atoms with Crippen LogP contribution in [0.1, 0.15) is 76.8 Å². The van der Waals surface area contributed by atoms with Crippen LogP contribution in [-0.4, -0.2) is 40.1 Å². The molecule has 8 heteroatoms. The summed E-state index contributed by atoms with van der Waals surface area (Å²) in [6, 6.07) is 0. The third-order valence-electron chi connectivity index (χ3n) is 4.80. The highest BCUT2D eigenvalue weighted by Gasteiger charge is 2.10. The second kappa shape index (κ2) is 11.1. The molecule has 0 spiro atoms. The van der Waals surface area contributed by atoms with E-state index in [1.54, 1.807) is 27.2 Å². The number of hydrogen-bond donors (Lipinski definition) is 0. The lowest BCUT2D eigenvalue weighted by molar-refractivity contribution is 0.563. The van der Waals surface area contributed by atoms with Crippen LogP contribution in [-0.2, 0) is 0 Å². The number of nitrogens with zero attached hydrogens (tertiary/aromatic N) is 7. The monoisotopic (exact) mass is 401 g/mol. The van der Waals surface area contributed by atoms with Gasteiger partial charge in [-0.3, -0.25) is 4.57 Å². The predicted octanol–water partition coefficient (Wildman–Crippen LogP) is 5.03. The Bertz CT molecular complexity index is 842. The minimum Gasteiger partial charge on any atom is -0.272 e. The van der Waals surface area contributed by atoms with Gasteiger partial charge in [-0.15, -0.1) is 27.1 Å². The highest BCUT2D eigenvalue weighted by molar-refractivity contribution is 7.99. The molecule has 3 aromatic rings. The van der Waals surface area contributed by atoms with E-state index in [1.165, 1.54) is 64.2 Å². The molecule has 0 aliphatic rings. The molecule has 0 unspecified atom stereocenters. The van der Waals surface area contributed by atoms with Crippen molar-refractivity contribution in [3.8, 4) is 5.95 Å². The molecule has 0 fully saturated rings. The molecule has 0 saturated heterocycles. The van der Waals surface area contributed by atoms with Crippen molar-refractivity contribution in [2.24, 2.45) is 0 Å². The molecular formula is C20H31N7S. The van der Waals surface area contributed by atoms with Crippen LogP contribution in [0.25, 0.3) is 11.7 Å². The van der Waals surface area contributed by atoms with Gasteiger partial charge in [0.25, 0.3) is 11.7 Å². The van der Waals surface area contributed by atoms with Gasteiger partial charge in [-0.1, -0.05) is 64.7 Å². The van der Waals surface area contributed by atoms with Gasteiger partial charge < -0.3 is 0 Å². The highest BCUT2D eigenvalue weighted by Crippen LogP contribution is 2.20. The van der Waals surface area contributed by atoms with Gasteiger partial charge in [-0.2, -0.15) is 4.52 Å². The normalized spacial score (nSPS) is 11.5. The first-order chi connectivity index (χ1) is 13.8. The Labute approximate surface area is 171 Å². The van der Waals surface area contributed by atoms with Crippen LogP contribution in [0.5, 0.6) is 0 Å². The molecule has 0 atom stereocenters.